The Hall–Kier alpha value is -4.18. The molecule has 0 saturated carbocycles. The molecule has 2 aromatic carbocycles. The van der Waals surface area contributed by atoms with Crippen LogP contribution in [0, 0.1) is 10.1 Å². The smallest absolute Gasteiger partial charge is 0.269 e. The lowest BCUT2D eigenvalue weighted by atomic mass is 10.1. The summed E-state index contributed by atoms with van der Waals surface area (Å²) in [6.07, 6.45) is 0. The number of non-ortho nitro benzene ring substituents is 1. The van der Waals surface area contributed by atoms with E-state index in [1.807, 2.05) is 30.3 Å². The van der Waals surface area contributed by atoms with Crippen molar-refractivity contribution in [1.82, 2.24) is 14.9 Å². The summed E-state index contributed by atoms with van der Waals surface area (Å²) >= 11 is 1.15. The molecular formula is C24H20N4O5S. The van der Waals surface area contributed by atoms with Crippen molar-refractivity contribution in [1.29, 1.82) is 0 Å². The zero-order valence-electron chi connectivity index (χ0n) is 18.1. The zero-order chi connectivity index (χ0) is 24.1. The molecule has 0 spiro atoms. The van der Waals surface area contributed by atoms with E-state index in [1.54, 1.807) is 31.3 Å². The van der Waals surface area contributed by atoms with Gasteiger partial charge in [-0.05, 0) is 24.3 Å². The number of benzene rings is 2. The summed E-state index contributed by atoms with van der Waals surface area (Å²) in [6, 6.07) is 20.3. The molecule has 9 nitrogen and oxygen atoms in total. The normalized spacial score (nSPS) is 10.7. The molecule has 172 valence electrons. The van der Waals surface area contributed by atoms with Gasteiger partial charge in [-0.1, -0.05) is 42.1 Å². The average molecular weight is 477 g/mol. The van der Waals surface area contributed by atoms with E-state index in [0.717, 1.165) is 17.3 Å². The van der Waals surface area contributed by atoms with Crippen LogP contribution in [0.5, 0.6) is 0 Å². The average Bonchev–Trinajstić information content (AvgIpc) is 3.31. The van der Waals surface area contributed by atoms with Crippen LogP contribution in [0.3, 0.4) is 0 Å². The number of aromatic amines is 1. The highest BCUT2D eigenvalue weighted by molar-refractivity contribution is 7.99. The van der Waals surface area contributed by atoms with Crippen molar-refractivity contribution < 1.29 is 14.1 Å². The minimum Gasteiger partial charge on any atom is -0.459 e. The van der Waals surface area contributed by atoms with Crippen LogP contribution in [0.15, 0.2) is 87.2 Å². The summed E-state index contributed by atoms with van der Waals surface area (Å²) in [4.78, 5) is 43.6. The lowest BCUT2D eigenvalue weighted by Crippen LogP contribution is -2.27. The molecule has 0 radical (unpaired) electrons. The van der Waals surface area contributed by atoms with Crippen LogP contribution in [-0.2, 0) is 11.3 Å². The number of nitro groups is 1. The number of carbonyl (C=O) groups is 1. The maximum Gasteiger partial charge on any atom is 0.269 e. The van der Waals surface area contributed by atoms with Crippen LogP contribution in [0.4, 0.5) is 5.69 Å². The number of amides is 1. The van der Waals surface area contributed by atoms with E-state index in [4.69, 9.17) is 4.42 Å². The van der Waals surface area contributed by atoms with Gasteiger partial charge in [-0.3, -0.25) is 19.7 Å². The van der Waals surface area contributed by atoms with Crippen molar-refractivity contribution in [2.24, 2.45) is 0 Å². The topological polar surface area (TPSA) is 122 Å². The van der Waals surface area contributed by atoms with E-state index in [9.17, 15) is 19.7 Å². The second kappa shape index (κ2) is 10.2. The van der Waals surface area contributed by atoms with Gasteiger partial charge in [0.2, 0.25) is 5.91 Å². The SMILES string of the molecule is CN(Cc1ccc(-c2ccc([N+](=O)[O-])cc2)o1)C(=O)CSc1nc(-c2ccccc2)cc(=O)[nH]1. The third-order valence-corrected chi connectivity index (χ3v) is 5.82. The van der Waals surface area contributed by atoms with Gasteiger partial charge in [0.15, 0.2) is 5.16 Å². The Morgan fingerprint density at radius 2 is 1.82 bits per heavy atom. The van der Waals surface area contributed by atoms with Gasteiger partial charge in [-0.2, -0.15) is 0 Å². The monoisotopic (exact) mass is 476 g/mol. The molecule has 0 unspecified atom stereocenters. The lowest BCUT2D eigenvalue weighted by molar-refractivity contribution is -0.384. The fraction of sp³-hybridized carbons (Fsp3) is 0.125. The molecule has 0 bridgehead atoms. The molecule has 0 aliphatic heterocycles. The number of rotatable bonds is 8. The molecular weight excluding hydrogens is 456 g/mol. The van der Waals surface area contributed by atoms with Gasteiger partial charge in [0.25, 0.3) is 11.2 Å². The van der Waals surface area contributed by atoms with E-state index >= 15 is 0 Å². The number of carbonyl (C=O) groups excluding carboxylic acids is 1. The van der Waals surface area contributed by atoms with Crippen molar-refractivity contribution >= 4 is 23.4 Å². The molecule has 2 heterocycles. The molecule has 4 aromatic rings. The summed E-state index contributed by atoms with van der Waals surface area (Å²) in [6.45, 7) is 0.250. The molecule has 34 heavy (non-hydrogen) atoms. The van der Waals surface area contributed by atoms with E-state index in [2.05, 4.69) is 9.97 Å². The first-order valence-electron chi connectivity index (χ1n) is 10.3. The Morgan fingerprint density at radius 3 is 2.53 bits per heavy atom. The molecule has 10 heteroatoms. The van der Waals surface area contributed by atoms with Crippen LogP contribution in [0.25, 0.3) is 22.6 Å². The van der Waals surface area contributed by atoms with Crippen LogP contribution in [0.1, 0.15) is 5.76 Å². The van der Waals surface area contributed by atoms with Crippen LogP contribution in [-0.4, -0.2) is 38.5 Å². The highest BCUT2D eigenvalue weighted by atomic mass is 32.2. The molecule has 0 fully saturated rings. The quantitative estimate of drug-likeness (QED) is 0.174. The van der Waals surface area contributed by atoms with Crippen LogP contribution < -0.4 is 5.56 Å². The number of hydrogen-bond donors (Lipinski definition) is 1. The predicted molar refractivity (Wildman–Crippen MR) is 128 cm³/mol. The largest absolute Gasteiger partial charge is 0.459 e. The second-order valence-corrected chi connectivity index (χ2v) is 8.37. The Bertz CT molecular complexity index is 1370. The molecule has 4 rings (SSSR count). The van der Waals surface area contributed by atoms with Gasteiger partial charge in [0.1, 0.15) is 11.5 Å². The number of thioether (sulfide) groups is 1. The van der Waals surface area contributed by atoms with Crippen LogP contribution >= 0.6 is 11.8 Å². The van der Waals surface area contributed by atoms with E-state index in [1.165, 1.54) is 23.1 Å². The molecule has 1 N–H and O–H groups in total. The standard InChI is InChI=1S/C24H20N4O5S/c1-27(14-19-11-12-21(33-19)17-7-9-18(10-8-17)28(31)32)23(30)15-34-24-25-20(13-22(29)26-24)16-5-3-2-4-6-16/h2-13H,14-15H2,1H3,(H,25,26,29). The summed E-state index contributed by atoms with van der Waals surface area (Å²) in [7, 11) is 1.66. The van der Waals surface area contributed by atoms with Gasteiger partial charge in [0, 0.05) is 36.4 Å². The first kappa shape index (κ1) is 23.0. The Labute approximate surface area is 198 Å². The zero-order valence-corrected chi connectivity index (χ0v) is 19.0. The first-order chi connectivity index (χ1) is 16.4. The lowest BCUT2D eigenvalue weighted by Gasteiger charge is -2.15. The van der Waals surface area contributed by atoms with Crippen molar-refractivity contribution in [2.75, 3.05) is 12.8 Å². The fourth-order valence-electron chi connectivity index (χ4n) is 3.19. The van der Waals surface area contributed by atoms with E-state index in [0.29, 0.717) is 27.9 Å². The Kier molecular flexibility index (Phi) is 6.88. The minimum atomic E-state index is -0.459. The number of nitrogens with zero attached hydrogens (tertiary/aromatic N) is 3. The summed E-state index contributed by atoms with van der Waals surface area (Å²) in [5.74, 6) is 1.06. The third kappa shape index (κ3) is 5.59. The van der Waals surface area contributed by atoms with Crippen molar-refractivity contribution in [3.05, 3.63) is 99.0 Å². The summed E-state index contributed by atoms with van der Waals surface area (Å²) in [5, 5.41) is 11.2. The van der Waals surface area contributed by atoms with E-state index < -0.39 is 4.92 Å². The maximum atomic E-state index is 12.6. The Morgan fingerprint density at radius 1 is 1.09 bits per heavy atom. The van der Waals surface area contributed by atoms with E-state index in [-0.39, 0.29) is 29.5 Å². The maximum absolute atomic E-state index is 12.6. The first-order valence-corrected chi connectivity index (χ1v) is 11.2. The second-order valence-electron chi connectivity index (χ2n) is 7.41. The molecule has 0 aliphatic carbocycles. The fourth-order valence-corrected chi connectivity index (χ4v) is 4.00. The number of aromatic nitrogens is 2. The number of hydrogen-bond acceptors (Lipinski definition) is 7. The minimum absolute atomic E-state index is 0.00324. The number of H-pyrrole nitrogens is 1. The summed E-state index contributed by atoms with van der Waals surface area (Å²) in [5.41, 5.74) is 1.78. The summed E-state index contributed by atoms with van der Waals surface area (Å²) < 4.78 is 5.80. The molecule has 0 atom stereocenters. The van der Waals surface area contributed by atoms with Gasteiger partial charge in [-0.25, -0.2) is 4.98 Å². The highest BCUT2D eigenvalue weighted by Gasteiger charge is 2.15. The number of nitro benzene ring substituents is 1. The third-order valence-electron chi connectivity index (χ3n) is 4.96. The Balaban J connectivity index is 1.36. The van der Waals surface area contributed by atoms with Crippen molar-refractivity contribution in [2.45, 2.75) is 11.7 Å². The molecule has 2 aromatic heterocycles. The molecule has 0 aliphatic rings. The van der Waals surface area contributed by atoms with Crippen molar-refractivity contribution in [3.63, 3.8) is 0 Å². The predicted octanol–water partition coefficient (Wildman–Crippen LogP) is 4.36. The van der Waals surface area contributed by atoms with Gasteiger partial charge in [-0.15, -0.1) is 0 Å². The number of furan rings is 1. The molecule has 1 amide bonds. The van der Waals surface area contributed by atoms with Crippen molar-refractivity contribution in [3.8, 4) is 22.6 Å². The van der Waals surface area contributed by atoms with Gasteiger partial charge >= 0.3 is 0 Å². The van der Waals surface area contributed by atoms with Gasteiger partial charge in [0.05, 0.1) is 22.9 Å². The van der Waals surface area contributed by atoms with Crippen LogP contribution in [0.2, 0.25) is 0 Å². The van der Waals surface area contributed by atoms with Gasteiger partial charge < -0.3 is 14.3 Å². The highest BCUT2D eigenvalue weighted by Crippen LogP contribution is 2.25. The molecule has 0 saturated heterocycles. The number of nitrogens with one attached hydrogen (secondary N) is 1.